The number of halogens is 1. The molecule has 6 heteroatoms. The van der Waals surface area contributed by atoms with Crippen molar-refractivity contribution in [2.45, 2.75) is 0 Å². The summed E-state index contributed by atoms with van der Waals surface area (Å²) >= 11 is 0. The molecular formula is C21H17FN2O3. The lowest BCUT2D eigenvalue weighted by Crippen LogP contribution is -2.34. The number of carbonyl (C=O) groups excluding carboxylic acids is 2. The third-order valence-corrected chi connectivity index (χ3v) is 3.88. The van der Waals surface area contributed by atoms with Crippen molar-refractivity contribution < 1.29 is 18.7 Å². The largest absolute Gasteiger partial charge is 0.496 e. The van der Waals surface area contributed by atoms with E-state index in [1.807, 2.05) is 36.4 Å². The minimum atomic E-state index is -0.696. The molecule has 3 aromatic carbocycles. The van der Waals surface area contributed by atoms with Crippen LogP contribution in [-0.4, -0.2) is 19.0 Å². The number of hydrogen-bond acceptors (Lipinski definition) is 3. The van der Waals surface area contributed by atoms with E-state index in [2.05, 4.69) is 10.6 Å². The molecule has 0 aliphatic rings. The number of urea groups is 1. The molecule has 0 radical (unpaired) electrons. The summed E-state index contributed by atoms with van der Waals surface area (Å²) in [5.74, 6) is -0.495. The molecule has 136 valence electrons. The second-order valence-corrected chi connectivity index (χ2v) is 5.70. The molecule has 5 nitrogen and oxygen atoms in total. The molecule has 0 spiro atoms. The average molecular weight is 364 g/mol. The predicted molar refractivity (Wildman–Crippen MR) is 101 cm³/mol. The zero-order chi connectivity index (χ0) is 19.2. The van der Waals surface area contributed by atoms with Gasteiger partial charge < -0.3 is 10.1 Å². The highest BCUT2D eigenvalue weighted by Crippen LogP contribution is 2.32. The van der Waals surface area contributed by atoms with Gasteiger partial charge in [0.25, 0.3) is 5.91 Å². The molecule has 0 saturated carbocycles. The zero-order valence-corrected chi connectivity index (χ0v) is 14.5. The highest BCUT2D eigenvalue weighted by molar-refractivity contribution is 6.08. The number of carbonyl (C=O) groups is 2. The SMILES string of the molecule is COc1cc(NC(=O)NC(=O)c2ccc(F)cc2)ccc1-c1ccccc1. The molecule has 2 N–H and O–H groups in total. The Morgan fingerprint density at radius 1 is 0.926 bits per heavy atom. The van der Waals surface area contributed by atoms with E-state index in [-0.39, 0.29) is 5.56 Å². The van der Waals surface area contributed by atoms with E-state index < -0.39 is 17.8 Å². The van der Waals surface area contributed by atoms with Gasteiger partial charge in [0.05, 0.1) is 7.11 Å². The van der Waals surface area contributed by atoms with Gasteiger partial charge in [-0.3, -0.25) is 10.1 Å². The van der Waals surface area contributed by atoms with E-state index in [9.17, 15) is 14.0 Å². The minimum absolute atomic E-state index is 0.184. The highest BCUT2D eigenvalue weighted by Gasteiger charge is 2.12. The van der Waals surface area contributed by atoms with Crippen molar-refractivity contribution in [2.24, 2.45) is 0 Å². The molecule has 0 atom stereocenters. The lowest BCUT2D eigenvalue weighted by molar-refractivity contribution is 0.0967. The second kappa shape index (κ2) is 8.14. The van der Waals surface area contributed by atoms with Crippen molar-refractivity contribution >= 4 is 17.6 Å². The third-order valence-electron chi connectivity index (χ3n) is 3.88. The van der Waals surface area contributed by atoms with Gasteiger partial charge in [-0.1, -0.05) is 30.3 Å². The summed E-state index contributed by atoms with van der Waals surface area (Å²) in [7, 11) is 1.55. The maximum Gasteiger partial charge on any atom is 0.326 e. The minimum Gasteiger partial charge on any atom is -0.496 e. The number of hydrogen-bond donors (Lipinski definition) is 2. The third kappa shape index (κ3) is 4.49. The van der Waals surface area contributed by atoms with Gasteiger partial charge in [-0.2, -0.15) is 0 Å². The number of anilines is 1. The molecular weight excluding hydrogens is 347 g/mol. The molecule has 3 rings (SSSR count). The number of rotatable bonds is 4. The Hall–Kier alpha value is -3.67. The van der Waals surface area contributed by atoms with Crippen LogP contribution in [0.2, 0.25) is 0 Å². The van der Waals surface area contributed by atoms with E-state index in [1.165, 1.54) is 12.1 Å². The lowest BCUT2D eigenvalue weighted by Gasteiger charge is -2.12. The lowest BCUT2D eigenvalue weighted by atomic mass is 10.0. The summed E-state index contributed by atoms with van der Waals surface area (Å²) in [6.45, 7) is 0. The van der Waals surface area contributed by atoms with Crippen molar-refractivity contribution in [3.8, 4) is 16.9 Å². The summed E-state index contributed by atoms with van der Waals surface area (Å²) < 4.78 is 18.3. The molecule has 3 amide bonds. The van der Waals surface area contributed by atoms with Gasteiger partial charge in [0.1, 0.15) is 11.6 Å². The molecule has 0 aliphatic heterocycles. The van der Waals surface area contributed by atoms with Crippen LogP contribution in [-0.2, 0) is 0 Å². The maximum absolute atomic E-state index is 12.9. The molecule has 0 fully saturated rings. The topological polar surface area (TPSA) is 67.4 Å². The first-order valence-electron chi connectivity index (χ1n) is 8.18. The van der Waals surface area contributed by atoms with Crippen molar-refractivity contribution in [1.82, 2.24) is 5.32 Å². The first kappa shape index (κ1) is 18.1. The zero-order valence-electron chi connectivity index (χ0n) is 14.5. The standard InChI is InChI=1S/C21H17FN2O3/c1-27-19-13-17(11-12-18(19)14-5-3-2-4-6-14)23-21(26)24-20(25)15-7-9-16(22)10-8-15/h2-13H,1H3,(H2,23,24,25,26). The van der Waals surface area contributed by atoms with Crippen LogP contribution in [0.3, 0.4) is 0 Å². The normalized spacial score (nSPS) is 10.1. The fourth-order valence-corrected chi connectivity index (χ4v) is 2.56. The van der Waals surface area contributed by atoms with E-state index in [0.717, 1.165) is 23.3 Å². The Morgan fingerprint density at radius 3 is 2.30 bits per heavy atom. The van der Waals surface area contributed by atoms with Gasteiger partial charge >= 0.3 is 6.03 Å². The molecule has 0 aliphatic carbocycles. The van der Waals surface area contributed by atoms with Crippen molar-refractivity contribution in [3.05, 3.63) is 84.2 Å². The molecule has 0 aromatic heterocycles. The number of methoxy groups -OCH3 is 1. The van der Waals surface area contributed by atoms with Gasteiger partial charge in [0.15, 0.2) is 0 Å². The smallest absolute Gasteiger partial charge is 0.326 e. The van der Waals surface area contributed by atoms with Crippen LogP contribution >= 0.6 is 0 Å². The number of amides is 3. The van der Waals surface area contributed by atoms with E-state index in [4.69, 9.17) is 4.74 Å². The molecule has 0 saturated heterocycles. The number of imide groups is 1. The molecule has 0 unspecified atom stereocenters. The Morgan fingerprint density at radius 2 is 1.63 bits per heavy atom. The Labute approximate surface area is 155 Å². The van der Waals surface area contributed by atoms with Crippen LogP contribution in [0, 0.1) is 5.82 Å². The Bertz CT molecular complexity index is 957. The van der Waals surface area contributed by atoms with Crippen LogP contribution in [0.5, 0.6) is 5.75 Å². The van der Waals surface area contributed by atoms with E-state index in [0.29, 0.717) is 11.4 Å². The van der Waals surface area contributed by atoms with Crippen LogP contribution in [0.1, 0.15) is 10.4 Å². The fraction of sp³-hybridized carbons (Fsp3) is 0.0476. The van der Waals surface area contributed by atoms with Gasteiger partial charge in [0.2, 0.25) is 0 Å². The van der Waals surface area contributed by atoms with Crippen molar-refractivity contribution in [2.75, 3.05) is 12.4 Å². The van der Waals surface area contributed by atoms with Gasteiger partial charge in [-0.25, -0.2) is 9.18 Å². The maximum atomic E-state index is 12.9. The van der Waals surface area contributed by atoms with E-state index >= 15 is 0 Å². The van der Waals surface area contributed by atoms with Crippen LogP contribution in [0.25, 0.3) is 11.1 Å². The first-order chi connectivity index (χ1) is 13.1. The number of nitrogens with one attached hydrogen (secondary N) is 2. The summed E-state index contributed by atoms with van der Waals surface area (Å²) in [5.41, 5.74) is 2.52. The van der Waals surface area contributed by atoms with Crippen molar-refractivity contribution in [3.63, 3.8) is 0 Å². The molecule has 27 heavy (non-hydrogen) atoms. The van der Waals surface area contributed by atoms with Gasteiger partial charge in [-0.15, -0.1) is 0 Å². The molecule has 0 bridgehead atoms. The fourth-order valence-electron chi connectivity index (χ4n) is 2.56. The summed E-state index contributed by atoms with van der Waals surface area (Å²) in [6.07, 6.45) is 0. The summed E-state index contributed by atoms with van der Waals surface area (Å²) in [6, 6.07) is 19.1. The van der Waals surface area contributed by atoms with Crippen molar-refractivity contribution in [1.29, 1.82) is 0 Å². The number of ether oxygens (including phenoxy) is 1. The first-order valence-corrected chi connectivity index (χ1v) is 8.18. The Kier molecular flexibility index (Phi) is 5.47. The average Bonchev–Trinajstić information content (AvgIpc) is 2.69. The molecule has 0 heterocycles. The van der Waals surface area contributed by atoms with Crippen LogP contribution in [0.4, 0.5) is 14.9 Å². The highest BCUT2D eigenvalue weighted by atomic mass is 19.1. The van der Waals surface area contributed by atoms with Gasteiger partial charge in [-0.05, 0) is 42.0 Å². The van der Waals surface area contributed by atoms with Crippen LogP contribution < -0.4 is 15.4 Å². The summed E-state index contributed by atoms with van der Waals surface area (Å²) in [5, 5.41) is 4.78. The number of benzene rings is 3. The van der Waals surface area contributed by atoms with Gasteiger partial charge in [0, 0.05) is 22.9 Å². The second-order valence-electron chi connectivity index (χ2n) is 5.70. The molecule has 3 aromatic rings. The van der Waals surface area contributed by atoms with Crippen LogP contribution in [0.15, 0.2) is 72.8 Å². The quantitative estimate of drug-likeness (QED) is 0.718. The summed E-state index contributed by atoms with van der Waals surface area (Å²) in [4.78, 5) is 24.1. The monoisotopic (exact) mass is 364 g/mol. The Balaban J connectivity index is 1.71. The predicted octanol–water partition coefficient (Wildman–Crippen LogP) is 4.46. The van der Waals surface area contributed by atoms with E-state index in [1.54, 1.807) is 19.2 Å².